The lowest BCUT2D eigenvalue weighted by atomic mass is 10.1. The summed E-state index contributed by atoms with van der Waals surface area (Å²) in [4.78, 5) is 13.6. The number of carbonyl (C=O) groups is 1. The molecule has 0 aliphatic rings. The maximum Gasteiger partial charge on any atom is 0.426 e. The zero-order chi connectivity index (χ0) is 19.7. The van der Waals surface area contributed by atoms with Gasteiger partial charge in [-0.3, -0.25) is 4.79 Å². The molecule has 2 heterocycles. The molecule has 0 atom stereocenters. The summed E-state index contributed by atoms with van der Waals surface area (Å²) >= 11 is 0.689. The molecular formula is C21H14F3NO2S. The molecular weight excluding hydrogens is 387 g/mol. The topological polar surface area (TPSA) is 42.1 Å². The maximum absolute atomic E-state index is 13.5. The standard InChI is InChI=1S/C21H14F3NO2S/c22-21(23,24)20-18(13-4-2-1-3-5-13)10-17(28-20)12-27-16-6-7-19-14(9-16)8-15(11-26)25-19/h1-11,25H,12H2. The van der Waals surface area contributed by atoms with Gasteiger partial charge >= 0.3 is 6.18 Å². The summed E-state index contributed by atoms with van der Waals surface area (Å²) < 4.78 is 46.1. The quantitative estimate of drug-likeness (QED) is 0.398. The van der Waals surface area contributed by atoms with E-state index < -0.39 is 11.1 Å². The normalized spacial score (nSPS) is 11.7. The zero-order valence-corrected chi connectivity index (χ0v) is 15.2. The molecule has 2 aromatic heterocycles. The maximum atomic E-state index is 13.5. The molecule has 0 spiro atoms. The van der Waals surface area contributed by atoms with Crippen molar-refractivity contribution >= 4 is 28.5 Å². The SMILES string of the molecule is O=Cc1cc2cc(OCc3cc(-c4ccccc4)c(C(F)(F)F)s3)ccc2[nH]1. The van der Waals surface area contributed by atoms with Crippen molar-refractivity contribution in [2.75, 3.05) is 0 Å². The zero-order valence-electron chi connectivity index (χ0n) is 14.4. The molecule has 7 heteroatoms. The van der Waals surface area contributed by atoms with E-state index in [1.54, 1.807) is 54.6 Å². The van der Waals surface area contributed by atoms with Gasteiger partial charge in [0.2, 0.25) is 0 Å². The monoisotopic (exact) mass is 401 g/mol. The van der Waals surface area contributed by atoms with E-state index in [9.17, 15) is 18.0 Å². The molecule has 1 N–H and O–H groups in total. The van der Waals surface area contributed by atoms with Crippen molar-refractivity contribution in [2.24, 2.45) is 0 Å². The summed E-state index contributed by atoms with van der Waals surface area (Å²) in [5.74, 6) is 0.521. The van der Waals surface area contributed by atoms with Gasteiger partial charge in [-0.2, -0.15) is 13.2 Å². The molecule has 0 aliphatic heterocycles. The van der Waals surface area contributed by atoms with E-state index in [1.807, 2.05) is 0 Å². The van der Waals surface area contributed by atoms with E-state index in [-0.39, 0.29) is 12.2 Å². The Morgan fingerprint density at radius 3 is 2.54 bits per heavy atom. The first kappa shape index (κ1) is 18.3. The predicted molar refractivity (Wildman–Crippen MR) is 103 cm³/mol. The largest absolute Gasteiger partial charge is 0.488 e. The fourth-order valence-corrected chi connectivity index (χ4v) is 3.96. The Balaban J connectivity index is 1.60. The highest BCUT2D eigenvalue weighted by Crippen LogP contribution is 2.43. The Hall–Kier alpha value is -3.06. The van der Waals surface area contributed by atoms with Crippen LogP contribution in [0.1, 0.15) is 20.2 Å². The molecule has 0 amide bonds. The summed E-state index contributed by atoms with van der Waals surface area (Å²) in [5.41, 5.74) is 1.92. The Morgan fingerprint density at radius 1 is 1.04 bits per heavy atom. The minimum absolute atomic E-state index is 0.0248. The van der Waals surface area contributed by atoms with Crippen LogP contribution in [0.3, 0.4) is 0 Å². The molecule has 4 aromatic rings. The Labute approximate surface area is 162 Å². The average molecular weight is 401 g/mol. The van der Waals surface area contributed by atoms with Crippen LogP contribution in [0, 0.1) is 0 Å². The highest BCUT2D eigenvalue weighted by Gasteiger charge is 2.36. The molecule has 0 radical (unpaired) electrons. The number of hydrogen-bond donors (Lipinski definition) is 1. The second kappa shape index (κ2) is 7.16. The Kier molecular flexibility index (Phi) is 4.68. The van der Waals surface area contributed by atoms with Crippen molar-refractivity contribution < 1.29 is 22.7 Å². The van der Waals surface area contributed by atoms with Crippen LogP contribution < -0.4 is 4.74 Å². The van der Waals surface area contributed by atoms with Gasteiger partial charge in [0.25, 0.3) is 0 Å². The van der Waals surface area contributed by atoms with Crippen molar-refractivity contribution in [3.63, 3.8) is 0 Å². The van der Waals surface area contributed by atoms with Crippen molar-refractivity contribution in [1.82, 2.24) is 4.98 Å². The van der Waals surface area contributed by atoms with Crippen LogP contribution in [0.25, 0.3) is 22.0 Å². The highest BCUT2D eigenvalue weighted by molar-refractivity contribution is 7.12. The van der Waals surface area contributed by atoms with Crippen LogP contribution in [-0.2, 0) is 12.8 Å². The number of hydrogen-bond acceptors (Lipinski definition) is 3. The van der Waals surface area contributed by atoms with Gasteiger partial charge in [0.1, 0.15) is 17.2 Å². The van der Waals surface area contributed by atoms with Gasteiger partial charge in [-0.1, -0.05) is 30.3 Å². The third kappa shape index (κ3) is 3.66. The number of aromatic amines is 1. The minimum Gasteiger partial charge on any atom is -0.488 e. The van der Waals surface area contributed by atoms with Crippen LogP contribution in [0.2, 0.25) is 0 Å². The second-order valence-electron chi connectivity index (χ2n) is 6.20. The number of aromatic nitrogens is 1. The van der Waals surface area contributed by atoms with Crippen molar-refractivity contribution in [3.05, 3.63) is 76.1 Å². The molecule has 0 unspecified atom stereocenters. The molecule has 4 rings (SSSR count). The Bertz CT molecular complexity index is 1130. The van der Waals surface area contributed by atoms with E-state index in [0.717, 1.165) is 17.2 Å². The number of halogens is 3. The van der Waals surface area contributed by atoms with Crippen LogP contribution in [0.15, 0.2) is 60.7 Å². The number of ether oxygens (including phenoxy) is 1. The van der Waals surface area contributed by atoms with E-state index in [1.165, 1.54) is 6.07 Å². The third-order valence-electron chi connectivity index (χ3n) is 4.25. The number of fused-ring (bicyclic) bond motifs is 1. The number of carbonyl (C=O) groups excluding carboxylic acids is 1. The van der Waals surface area contributed by atoms with Crippen molar-refractivity contribution in [1.29, 1.82) is 0 Å². The van der Waals surface area contributed by atoms with Crippen LogP contribution in [0.4, 0.5) is 13.2 Å². The lowest BCUT2D eigenvalue weighted by Gasteiger charge is -2.07. The second-order valence-corrected chi connectivity index (χ2v) is 7.34. The minimum atomic E-state index is -4.43. The number of aldehydes is 1. The molecule has 0 aliphatic carbocycles. The molecule has 2 aromatic carbocycles. The number of alkyl halides is 3. The smallest absolute Gasteiger partial charge is 0.426 e. The third-order valence-corrected chi connectivity index (χ3v) is 5.40. The molecule has 0 saturated carbocycles. The van der Waals surface area contributed by atoms with Crippen LogP contribution >= 0.6 is 11.3 Å². The van der Waals surface area contributed by atoms with Gasteiger partial charge in [0, 0.05) is 21.3 Å². The van der Waals surface area contributed by atoms with Crippen LogP contribution in [-0.4, -0.2) is 11.3 Å². The average Bonchev–Trinajstić information content (AvgIpc) is 3.30. The first-order valence-corrected chi connectivity index (χ1v) is 9.22. The summed E-state index contributed by atoms with van der Waals surface area (Å²) in [6.07, 6.45) is -3.71. The van der Waals surface area contributed by atoms with Gasteiger partial charge in [-0.05, 0) is 35.9 Å². The Morgan fingerprint density at radius 2 is 1.82 bits per heavy atom. The summed E-state index contributed by atoms with van der Waals surface area (Å²) in [6, 6.07) is 16.9. The van der Waals surface area contributed by atoms with Crippen LogP contribution in [0.5, 0.6) is 5.75 Å². The molecule has 0 fully saturated rings. The van der Waals surface area contributed by atoms with E-state index in [0.29, 0.717) is 33.2 Å². The number of rotatable bonds is 5. The first-order chi connectivity index (χ1) is 13.4. The lowest BCUT2D eigenvalue weighted by Crippen LogP contribution is -2.03. The van der Waals surface area contributed by atoms with Gasteiger partial charge in [-0.15, -0.1) is 11.3 Å². The highest BCUT2D eigenvalue weighted by atomic mass is 32.1. The number of thiophene rings is 1. The molecule has 0 saturated heterocycles. The van der Waals surface area contributed by atoms with Gasteiger partial charge in [-0.25, -0.2) is 0 Å². The van der Waals surface area contributed by atoms with Crippen molar-refractivity contribution in [3.8, 4) is 16.9 Å². The van der Waals surface area contributed by atoms with E-state index in [4.69, 9.17) is 4.74 Å². The number of nitrogens with one attached hydrogen (secondary N) is 1. The predicted octanol–water partition coefficient (Wildman–Crippen LogP) is 6.31. The fraction of sp³-hybridized carbons (Fsp3) is 0.0952. The van der Waals surface area contributed by atoms with Gasteiger partial charge < -0.3 is 9.72 Å². The first-order valence-electron chi connectivity index (χ1n) is 8.40. The summed E-state index contributed by atoms with van der Waals surface area (Å²) in [5, 5.41) is 0.798. The molecule has 0 bridgehead atoms. The van der Waals surface area contributed by atoms with E-state index >= 15 is 0 Å². The molecule has 3 nitrogen and oxygen atoms in total. The summed E-state index contributed by atoms with van der Waals surface area (Å²) in [7, 11) is 0. The van der Waals surface area contributed by atoms with E-state index in [2.05, 4.69) is 4.98 Å². The number of H-pyrrole nitrogens is 1. The number of benzene rings is 2. The summed E-state index contributed by atoms with van der Waals surface area (Å²) in [6.45, 7) is 0.0248. The fourth-order valence-electron chi connectivity index (χ4n) is 3.00. The molecule has 142 valence electrons. The van der Waals surface area contributed by atoms with Crippen molar-refractivity contribution in [2.45, 2.75) is 12.8 Å². The lowest BCUT2D eigenvalue weighted by molar-refractivity contribution is -0.133. The van der Waals surface area contributed by atoms with Gasteiger partial charge in [0.05, 0.1) is 5.69 Å². The molecule has 28 heavy (non-hydrogen) atoms. The van der Waals surface area contributed by atoms with Gasteiger partial charge in [0.15, 0.2) is 6.29 Å².